The quantitative estimate of drug-likeness (QED) is 0.819. The van der Waals surface area contributed by atoms with Crippen molar-refractivity contribution in [2.24, 2.45) is 0 Å². The molecule has 0 amide bonds. The van der Waals surface area contributed by atoms with Gasteiger partial charge in [-0.3, -0.25) is 9.78 Å². The number of H-pyrrole nitrogens is 1. The maximum absolute atomic E-state index is 11.8. The largest absolute Gasteiger partial charge is 0.497 e. The van der Waals surface area contributed by atoms with Crippen LogP contribution in [0.1, 0.15) is 0 Å². The zero-order valence-corrected chi connectivity index (χ0v) is 10.5. The molecule has 7 heteroatoms. The second-order valence-corrected chi connectivity index (χ2v) is 3.74. The van der Waals surface area contributed by atoms with Gasteiger partial charge in [0.15, 0.2) is 0 Å². The summed E-state index contributed by atoms with van der Waals surface area (Å²) < 4.78 is 11.4. The summed E-state index contributed by atoms with van der Waals surface area (Å²) in [7, 11) is 2.99. The van der Waals surface area contributed by atoms with Crippen LogP contribution in [0.5, 0.6) is 11.5 Å². The van der Waals surface area contributed by atoms with Crippen LogP contribution in [0.3, 0.4) is 0 Å². The first-order valence-corrected chi connectivity index (χ1v) is 5.41. The number of methoxy groups -OCH3 is 2. The molecule has 0 unspecified atom stereocenters. The second-order valence-electron chi connectivity index (χ2n) is 3.74. The molecule has 0 atom stereocenters. The van der Waals surface area contributed by atoms with Crippen molar-refractivity contribution in [3.63, 3.8) is 0 Å². The number of aromatic amines is 1. The molecule has 7 nitrogen and oxygen atoms in total. The van der Waals surface area contributed by atoms with Crippen LogP contribution in [0.4, 0.5) is 5.82 Å². The second kappa shape index (κ2) is 4.89. The minimum atomic E-state index is -0.631. The molecule has 0 saturated carbocycles. The van der Waals surface area contributed by atoms with Crippen LogP contribution in [0.2, 0.25) is 0 Å². The predicted molar refractivity (Wildman–Crippen MR) is 70.2 cm³/mol. The SMILES string of the molecule is COc1ccc(-n2c(N)cc(=O)[nH]c2=O)c(OC)c1. The van der Waals surface area contributed by atoms with Gasteiger partial charge in [0, 0.05) is 12.1 Å². The topological polar surface area (TPSA) is 99.3 Å². The standard InChI is InChI=1S/C12H13N3O4/c1-18-7-3-4-8(9(5-7)19-2)15-10(13)6-11(16)14-12(15)17/h3-6H,13H2,1-2H3,(H,14,16,17). The molecule has 19 heavy (non-hydrogen) atoms. The van der Waals surface area contributed by atoms with Gasteiger partial charge in [-0.1, -0.05) is 0 Å². The van der Waals surface area contributed by atoms with Crippen molar-refractivity contribution >= 4 is 5.82 Å². The lowest BCUT2D eigenvalue weighted by Crippen LogP contribution is -2.30. The van der Waals surface area contributed by atoms with Crippen molar-refractivity contribution in [3.8, 4) is 17.2 Å². The number of hydrogen-bond acceptors (Lipinski definition) is 5. The summed E-state index contributed by atoms with van der Waals surface area (Å²) in [5, 5.41) is 0. The van der Waals surface area contributed by atoms with Crippen LogP contribution < -0.4 is 26.5 Å². The van der Waals surface area contributed by atoms with Crippen LogP contribution in [-0.2, 0) is 0 Å². The number of hydrogen-bond donors (Lipinski definition) is 2. The van der Waals surface area contributed by atoms with Gasteiger partial charge in [-0.05, 0) is 12.1 Å². The Morgan fingerprint density at radius 1 is 1.16 bits per heavy atom. The fraction of sp³-hybridized carbons (Fsp3) is 0.167. The maximum Gasteiger partial charge on any atom is 0.334 e. The highest BCUT2D eigenvalue weighted by Gasteiger charge is 2.12. The molecule has 1 heterocycles. The molecule has 0 bridgehead atoms. The number of ether oxygens (including phenoxy) is 2. The van der Waals surface area contributed by atoms with E-state index in [0.717, 1.165) is 10.6 Å². The fourth-order valence-electron chi connectivity index (χ4n) is 1.73. The third-order valence-corrected chi connectivity index (χ3v) is 2.60. The molecule has 0 aliphatic rings. The third-order valence-electron chi connectivity index (χ3n) is 2.60. The van der Waals surface area contributed by atoms with E-state index < -0.39 is 11.2 Å². The van der Waals surface area contributed by atoms with Crippen molar-refractivity contribution in [1.82, 2.24) is 9.55 Å². The summed E-state index contributed by atoms with van der Waals surface area (Å²) in [5.41, 5.74) is 4.94. The number of nitrogens with zero attached hydrogens (tertiary/aromatic N) is 1. The molecule has 0 saturated heterocycles. The summed E-state index contributed by atoms with van der Waals surface area (Å²) >= 11 is 0. The van der Waals surface area contributed by atoms with Crippen LogP contribution in [0.15, 0.2) is 33.9 Å². The monoisotopic (exact) mass is 263 g/mol. The number of anilines is 1. The molecule has 2 rings (SSSR count). The highest BCUT2D eigenvalue weighted by molar-refractivity contribution is 5.54. The highest BCUT2D eigenvalue weighted by Crippen LogP contribution is 2.27. The van der Waals surface area contributed by atoms with Gasteiger partial charge in [0.1, 0.15) is 17.3 Å². The van der Waals surface area contributed by atoms with Crippen LogP contribution in [-0.4, -0.2) is 23.8 Å². The van der Waals surface area contributed by atoms with Gasteiger partial charge in [-0.15, -0.1) is 0 Å². The minimum absolute atomic E-state index is 0.0252. The van der Waals surface area contributed by atoms with Crippen molar-refractivity contribution in [2.75, 3.05) is 20.0 Å². The van der Waals surface area contributed by atoms with Crippen LogP contribution >= 0.6 is 0 Å². The summed E-state index contributed by atoms with van der Waals surface area (Å²) in [4.78, 5) is 25.1. The lowest BCUT2D eigenvalue weighted by molar-refractivity contribution is 0.393. The van der Waals surface area contributed by atoms with E-state index in [2.05, 4.69) is 4.98 Å². The molecule has 3 N–H and O–H groups in total. The Balaban J connectivity index is 2.72. The molecule has 0 radical (unpaired) electrons. The first-order chi connectivity index (χ1) is 9.06. The molecule has 0 aliphatic heterocycles. The number of nitrogens with one attached hydrogen (secondary N) is 1. The van der Waals surface area contributed by atoms with Crippen molar-refractivity contribution in [2.45, 2.75) is 0 Å². The Morgan fingerprint density at radius 3 is 2.47 bits per heavy atom. The zero-order chi connectivity index (χ0) is 14.0. The van der Waals surface area contributed by atoms with Crippen molar-refractivity contribution in [3.05, 3.63) is 45.1 Å². The van der Waals surface area contributed by atoms with Gasteiger partial charge >= 0.3 is 5.69 Å². The predicted octanol–water partition coefficient (Wildman–Crippen LogP) is 0.125. The molecule has 2 aromatic rings. The van der Waals surface area contributed by atoms with Gasteiger partial charge in [0.2, 0.25) is 0 Å². The smallest absolute Gasteiger partial charge is 0.334 e. The molecule has 1 aromatic carbocycles. The third kappa shape index (κ3) is 2.30. The Hall–Kier alpha value is -2.70. The lowest BCUT2D eigenvalue weighted by atomic mass is 10.2. The first-order valence-electron chi connectivity index (χ1n) is 5.41. The Kier molecular flexibility index (Phi) is 3.28. The molecule has 0 aliphatic carbocycles. The van der Waals surface area contributed by atoms with E-state index in [1.54, 1.807) is 18.2 Å². The average molecular weight is 263 g/mol. The minimum Gasteiger partial charge on any atom is -0.497 e. The summed E-state index contributed by atoms with van der Waals surface area (Å²) in [6, 6.07) is 6.03. The summed E-state index contributed by atoms with van der Waals surface area (Å²) in [6.45, 7) is 0. The molecule has 0 fully saturated rings. The summed E-state index contributed by atoms with van der Waals surface area (Å²) in [6.07, 6.45) is 0. The van der Waals surface area contributed by atoms with E-state index in [1.165, 1.54) is 14.2 Å². The lowest BCUT2D eigenvalue weighted by Gasteiger charge is -2.13. The normalized spacial score (nSPS) is 10.2. The van der Waals surface area contributed by atoms with Gasteiger partial charge in [0.05, 0.1) is 19.9 Å². The number of rotatable bonds is 3. The van der Waals surface area contributed by atoms with Crippen molar-refractivity contribution < 1.29 is 9.47 Å². The van der Waals surface area contributed by atoms with Gasteiger partial charge in [0.25, 0.3) is 5.56 Å². The first kappa shape index (κ1) is 12.7. The number of benzene rings is 1. The molecule has 0 spiro atoms. The molecular weight excluding hydrogens is 250 g/mol. The number of aromatic nitrogens is 2. The zero-order valence-electron chi connectivity index (χ0n) is 10.5. The summed E-state index contributed by atoms with van der Waals surface area (Å²) in [5.74, 6) is 1.01. The van der Waals surface area contributed by atoms with Crippen LogP contribution in [0.25, 0.3) is 5.69 Å². The van der Waals surface area contributed by atoms with E-state index in [-0.39, 0.29) is 5.82 Å². The van der Waals surface area contributed by atoms with Gasteiger partial charge < -0.3 is 15.2 Å². The fourth-order valence-corrected chi connectivity index (χ4v) is 1.73. The molecule has 1 aromatic heterocycles. The van der Waals surface area contributed by atoms with Crippen molar-refractivity contribution in [1.29, 1.82) is 0 Å². The number of nitrogens with two attached hydrogens (primary N) is 1. The average Bonchev–Trinajstić information content (AvgIpc) is 2.37. The Morgan fingerprint density at radius 2 is 1.89 bits per heavy atom. The highest BCUT2D eigenvalue weighted by atomic mass is 16.5. The van der Waals surface area contributed by atoms with E-state index in [9.17, 15) is 9.59 Å². The molecular formula is C12H13N3O4. The van der Waals surface area contributed by atoms with E-state index in [4.69, 9.17) is 15.2 Å². The van der Waals surface area contributed by atoms with E-state index in [1.807, 2.05) is 0 Å². The molecule has 100 valence electrons. The maximum atomic E-state index is 11.8. The van der Waals surface area contributed by atoms with E-state index in [0.29, 0.717) is 17.2 Å². The number of nitrogen functional groups attached to an aromatic ring is 1. The van der Waals surface area contributed by atoms with Gasteiger partial charge in [-0.25, -0.2) is 9.36 Å². The van der Waals surface area contributed by atoms with Gasteiger partial charge in [-0.2, -0.15) is 0 Å². The Labute approximate surface area is 108 Å². The van der Waals surface area contributed by atoms with E-state index >= 15 is 0 Å². The van der Waals surface area contributed by atoms with Crippen LogP contribution in [0, 0.1) is 0 Å². The Bertz CT molecular complexity index is 718.